The van der Waals surface area contributed by atoms with Crippen LogP contribution in [0.15, 0.2) is 12.4 Å². The summed E-state index contributed by atoms with van der Waals surface area (Å²) in [7, 11) is 1.68. The number of aryl methyl sites for hydroxylation is 1. The Morgan fingerprint density at radius 2 is 2.32 bits per heavy atom. The van der Waals surface area contributed by atoms with Gasteiger partial charge in [-0.1, -0.05) is 0 Å². The van der Waals surface area contributed by atoms with Crippen LogP contribution in [0.25, 0.3) is 0 Å². The molecule has 1 aliphatic heterocycles. The quantitative estimate of drug-likeness (QED) is 0.893. The van der Waals surface area contributed by atoms with Crippen LogP contribution in [0.2, 0.25) is 0 Å². The smallest absolute Gasteiger partial charge is 0.308 e. The number of hydrogen-bond donors (Lipinski definition) is 1. The van der Waals surface area contributed by atoms with E-state index >= 15 is 0 Å². The predicted molar refractivity (Wildman–Crippen MR) is 68.4 cm³/mol. The molecule has 19 heavy (non-hydrogen) atoms. The van der Waals surface area contributed by atoms with E-state index in [0.717, 1.165) is 12.1 Å². The lowest BCUT2D eigenvalue weighted by Crippen LogP contribution is -2.35. The minimum atomic E-state index is -0.851. The fourth-order valence-electron chi connectivity index (χ4n) is 2.65. The number of aliphatic carboxylic acids is 1. The van der Waals surface area contributed by atoms with Gasteiger partial charge in [0.05, 0.1) is 18.2 Å². The summed E-state index contributed by atoms with van der Waals surface area (Å²) in [6, 6.07) is -0.423. The van der Waals surface area contributed by atoms with Gasteiger partial charge in [0.15, 0.2) is 0 Å². The molecule has 0 saturated carbocycles. The molecule has 1 aromatic heterocycles. The third-order valence-electron chi connectivity index (χ3n) is 3.73. The van der Waals surface area contributed by atoms with Crippen molar-refractivity contribution in [3.63, 3.8) is 0 Å². The van der Waals surface area contributed by atoms with E-state index in [1.54, 1.807) is 22.8 Å². The monoisotopic (exact) mass is 265 g/mol. The molecule has 1 amide bonds. The maximum Gasteiger partial charge on any atom is 0.308 e. The summed E-state index contributed by atoms with van der Waals surface area (Å²) >= 11 is 0. The van der Waals surface area contributed by atoms with Crippen LogP contribution < -0.4 is 0 Å². The van der Waals surface area contributed by atoms with Crippen molar-refractivity contribution in [2.45, 2.75) is 38.8 Å². The Bertz CT molecular complexity index is 483. The Kier molecular flexibility index (Phi) is 3.87. The van der Waals surface area contributed by atoms with E-state index in [1.807, 2.05) is 13.1 Å². The average Bonchev–Trinajstić information content (AvgIpc) is 2.79. The van der Waals surface area contributed by atoms with Crippen molar-refractivity contribution >= 4 is 11.9 Å². The second kappa shape index (κ2) is 5.42. The number of aromatic nitrogens is 2. The Balaban J connectivity index is 2.38. The predicted octanol–water partition coefficient (Wildman–Crippen LogP) is 1.29. The number of hydrogen-bond acceptors (Lipinski definition) is 3. The van der Waals surface area contributed by atoms with E-state index in [4.69, 9.17) is 0 Å². The molecule has 0 radical (unpaired) electrons. The average molecular weight is 265 g/mol. The Morgan fingerprint density at radius 1 is 1.58 bits per heavy atom. The van der Waals surface area contributed by atoms with Crippen molar-refractivity contribution in [1.82, 2.24) is 14.7 Å². The topological polar surface area (TPSA) is 75.4 Å². The highest BCUT2D eigenvalue weighted by molar-refractivity contribution is 5.79. The zero-order valence-corrected chi connectivity index (χ0v) is 11.2. The van der Waals surface area contributed by atoms with Gasteiger partial charge in [0.2, 0.25) is 5.91 Å². The zero-order chi connectivity index (χ0) is 14.0. The van der Waals surface area contributed by atoms with Gasteiger partial charge in [0.25, 0.3) is 0 Å². The molecule has 1 fully saturated rings. The maximum atomic E-state index is 11.9. The van der Waals surface area contributed by atoms with Crippen molar-refractivity contribution < 1.29 is 14.7 Å². The largest absolute Gasteiger partial charge is 0.481 e. The SMILES string of the molecule is CCn1cc(C2C(C(=O)O)CCCC(=O)N2C)cn1. The summed E-state index contributed by atoms with van der Waals surface area (Å²) < 4.78 is 1.75. The minimum absolute atomic E-state index is 0.00185. The molecule has 0 spiro atoms. The number of amides is 1. The van der Waals surface area contributed by atoms with Crippen molar-refractivity contribution in [2.75, 3.05) is 7.05 Å². The van der Waals surface area contributed by atoms with E-state index < -0.39 is 17.9 Å². The first-order valence-corrected chi connectivity index (χ1v) is 6.55. The van der Waals surface area contributed by atoms with Gasteiger partial charge in [-0.15, -0.1) is 0 Å². The number of carbonyl (C=O) groups excluding carboxylic acids is 1. The molecule has 2 atom stereocenters. The molecule has 0 aromatic carbocycles. The second-order valence-corrected chi connectivity index (χ2v) is 4.92. The first kappa shape index (κ1) is 13.6. The molecule has 1 saturated heterocycles. The van der Waals surface area contributed by atoms with Crippen LogP contribution in [0.4, 0.5) is 0 Å². The molecule has 6 nitrogen and oxygen atoms in total. The molecule has 2 unspecified atom stereocenters. The fourth-order valence-corrected chi connectivity index (χ4v) is 2.65. The lowest BCUT2D eigenvalue weighted by atomic mass is 9.91. The highest BCUT2D eigenvalue weighted by Gasteiger charge is 2.37. The maximum absolute atomic E-state index is 11.9. The molecule has 1 aromatic rings. The molecular formula is C13H19N3O3. The number of rotatable bonds is 3. The Labute approximate surface area is 112 Å². The molecule has 2 heterocycles. The van der Waals surface area contributed by atoms with Crippen LogP contribution >= 0.6 is 0 Å². The van der Waals surface area contributed by atoms with Crippen molar-refractivity contribution in [2.24, 2.45) is 5.92 Å². The van der Waals surface area contributed by atoms with Crippen LogP contribution in [-0.4, -0.2) is 38.7 Å². The van der Waals surface area contributed by atoms with Crippen LogP contribution in [0.3, 0.4) is 0 Å². The molecule has 0 aliphatic carbocycles. The molecule has 1 N–H and O–H groups in total. The summed E-state index contributed by atoms with van der Waals surface area (Å²) in [5.74, 6) is -1.42. The molecule has 6 heteroatoms. The van der Waals surface area contributed by atoms with Crippen LogP contribution in [0, 0.1) is 5.92 Å². The third-order valence-corrected chi connectivity index (χ3v) is 3.73. The first-order valence-electron chi connectivity index (χ1n) is 6.55. The number of nitrogens with zero attached hydrogens (tertiary/aromatic N) is 3. The van der Waals surface area contributed by atoms with Crippen molar-refractivity contribution in [1.29, 1.82) is 0 Å². The van der Waals surface area contributed by atoms with Crippen molar-refractivity contribution in [3.05, 3.63) is 18.0 Å². The number of carbonyl (C=O) groups is 2. The lowest BCUT2D eigenvalue weighted by Gasteiger charge is -2.29. The first-order chi connectivity index (χ1) is 9.04. The van der Waals surface area contributed by atoms with Crippen LogP contribution in [0.1, 0.15) is 37.8 Å². The molecule has 104 valence electrons. The molecule has 1 aliphatic rings. The standard InChI is InChI=1S/C13H19N3O3/c1-3-16-8-9(7-14-16)12-10(13(18)19)5-4-6-11(17)15(12)2/h7-8,10,12H,3-6H2,1-2H3,(H,18,19). The van der Waals surface area contributed by atoms with Gasteiger partial charge < -0.3 is 10.0 Å². The molecular weight excluding hydrogens is 246 g/mol. The van der Waals surface area contributed by atoms with Gasteiger partial charge >= 0.3 is 5.97 Å². The van der Waals surface area contributed by atoms with Gasteiger partial charge in [-0.3, -0.25) is 14.3 Å². The van der Waals surface area contributed by atoms with Crippen LogP contribution in [0.5, 0.6) is 0 Å². The summed E-state index contributed by atoms with van der Waals surface area (Å²) in [6.45, 7) is 2.69. The molecule has 0 bridgehead atoms. The zero-order valence-electron chi connectivity index (χ0n) is 11.2. The van der Waals surface area contributed by atoms with E-state index in [0.29, 0.717) is 19.3 Å². The van der Waals surface area contributed by atoms with Crippen molar-refractivity contribution in [3.8, 4) is 0 Å². The summed E-state index contributed by atoms with van der Waals surface area (Å²) in [4.78, 5) is 25.0. The Hall–Kier alpha value is -1.85. The van der Waals surface area contributed by atoms with Gasteiger partial charge in [0.1, 0.15) is 0 Å². The van der Waals surface area contributed by atoms with E-state index in [9.17, 15) is 14.7 Å². The fraction of sp³-hybridized carbons (Fsp3) is 0.615. The Morgan fingerprint density at radius 3 is 2.89 bits per heavy atom. The number of carboxylic acid groups (broad SMARTS) is 1. The van der Waals surface area contributed by atoms with E-state index in [1.165, 1.54) is 0 Å². The highest BCUT2D eigenvalue weighted by Crippen LogP contribution is 2.34. The summed E-state index contributed by atoms with van der Waals surface area (Å²) in [5.41, 5.74) is 0.798. The minimum Gasteiger partial charge on any atom is -0.481 e. The van der Waals surface area contributed by atoms with Gasteiger partial charge in [-0.05, 0) is 19.8 Å². The number of likely N-dealkylation sites (tertiary alicyclic amines) is 1. The second-order valence-electron chi connectivity index (χ2n) is 4.92. The number of carboxylic acids is 1. The van der Waals surface area contributed by atoms with E-state index in [-0.39, 0.29) is 5.91 Å². The van der Waals surface area contributed by atoms with Gasteiger partial charge in [0, 0.05) is 31.8 Å². The third kappa shape index (κ3) is 2.62. The van der Waals surface area contributed by atoms with Gasteiger partial charge in [-0.2, -0.15) is 5.10 Å². The van der Waals surface area contributed by atoms with Crippen LogP contribution in [-0.2, 0) is 16.1 Å². The molecule has 2 rings (SSSR count). The van der Waals surface area contributed by atoms with Gasteiger partial charge in [-0.25, -0.2) is 0 Å². The van der Waals surface area contributed by atoms with E-state index in [2.05, 4.69) is 5.10 Å². The lowest BCUT2D eigenvalue weighted by molar-refractivity contribution is -0.145. The highest BCUT2D eigenvalue weighted by atomic mass is 16.4. The summed E-state index contributed by atoms with van der Waals surface area (Å²) in [5, 5.41) is 13.6. The summed E-state index contributed by atoms with van der Waals surface area (Å²) in [6.07, 6.45) is 5.06. The normalized spacial score (nSPS) is 24.3.